The van der Waals surface area contributed by atoms with Crippen LogP contribution in [0.1, 0.15) is 34.8 Å². The summed E-state index contributed by atoms with van der Waals surface area (Å²) < 4.78 is 21.5. The molecular formula is C21H22N2O6. The number of rotatable bonds is 5. The molecule has 8 heteroatoms. The van der Waals surface area contributed by atoms with Crippen LogP contribution in [0.5, 0.6) is 17.4 Å². The first kappa shape index (κ1) is 19.0. The van der Waals surface area contributed by atoms with Crippen molar-refractivity contribution >= 4 is 11.9 Å². The lowest BCUT2D eigenvalue weighted by Crippen LogP contribution is -2.34. The quantitative estimate of drug-likeness (QED) is 0.715. The summed E-state index contributed by atoms with van der Waals surface area (Å²) in [7, 11) is 1.42. The maximum absolute atomic E-state index is 12.8. The van der Waals surface area contributed by atoms with Crippen molar-refractivity contribution in [3.8, 4) is 17.4 Å². The van der Waals surface area contributed by atoms with E-state index in [1.807, 2.05) is 18.2 Å². The number of aromatic nitrogens is 1. The van der Waals surface area contributed by atoms with Crippen molar-refractivity contribution in [2.45, 2.75) is 18.9 Å². The van der Waals surface area contributed by atoms with E-state index in [9.17, 15) is 9.59 Å². The summed E-state index contributed by atoms with van der Waals surface area (Å²) in [6, 6.07) is 8.84. The fourth-order valence-corrected chi connectivity index (χ4v) is 3.68. The lowest BCUT2D eigenvalue weighted by molar-refractivity contribution is -0.135. The highest BCUT2D eigenvalue weighted by atomic mass is 16.6. The molecule has 2 aliphatic heterocycles. The molecule has 1 aromatic heterocycles. The van der Waals surface area contributed by atoms with Crippen molar-refractivity contribution in [3.63, 3.8) is 0 Å². The number of benzene rings is 1. The van der Waals surface area contributed by atoms with Gasteiger partial charge in [0.25, 0.3) is 5.91 Å². The van der Waals surface area contributed by atoms with Gasteiger partial charge in [0.05, 0.1) is 13.2 Å². The number of carbonyl (C=O) groups excluding carboxylic acids is 2. The highest BCUT2D eigenvalue weighted by Crippen LogP contribution is 2.38. The first-order valence-corrected chi connectivity index (χ1v) is 9.52. The molecule has 2 aromatic rings. The van der Waals surface area contributed by atoms with Crippen molar-refractivity contribution in [3.05, 3.63) is 47.7 Å². The molecule has 8 nitrogen and oxygen atoms in total. The van der Waals surface area contributed by atoms with Crippen LogP contribution in [0.4, 0.5) is 0 Å². The molecule has 1 amide bonds. The Bertz CT molecular complexity index is 916. The second kappa shape index (κ2) is 8.38. The van der Waals surface area contributed by atoms with Crippen molar-refractivity contribution in [1.82, 2.24) is 9.88 Å². The molecule has 4 rings (SSSR count). The standard InChI is InChI=1S/C21H22N2O6/c1-26-20-15(4-2-8-22-20)21(25)29-13-19(24)23-9-3-5-16(23)14-6-7-17-18(12-14)28-11-10-27-17/h2,4,6-8,12,16H,3,5,9-11,13H2,1H3. The summed E-state index contributed by atoms with van der Waals surface area (Å²) in [4.78, 5) is 30.8. The minimum atomic E-state index is -0.640. The molecule has 0 saturated carbocycles. The van der Waals surface area contributed by atoms with E-state index in [4.69, 9.17) is 18.9 Å². The van der Waals surface area contributed by atoms with Gasteiger partial charge in [-0.15, -0.1) is 0 Å². The predicted octanol–water partition coefficient (Wildman–Crippen LogP) is 2.38. The molecule has 1 unspecified atom stereocenters. The number of pyridine rings is 1. The molecule has 152 valence electrons. The van der Waals surface area contributed by atoms with Crippen LogP contribution in [0.15, 0.2) is 36.5 Å². The SMILES string of the molecule is COc1ncccc1C(=O)OCC(=O)N1CCCC1c1ccc2c(c1)OCCO2. The van der Waals surface area contributed by atoms with E-state index < -0.39 is 5.97 Å². The predicted molar refractivity (Wildman–Crippen MR) is 102 cm³/mol. The molecule has 1 saturated heterocycles. The van der Waals surface area contributed by atoms with Gasteiger partial charge in [-0.2, -0.15) is 0 Å². The maximum Gasteiger partial charge on any atom is 0.344 e. The normalized spacial score (nSPS) is 17.7. The first-order chi connectivity index (χ1) is 14.2. The van der Waals surface area contributed by atoms with E-state index in [0.717, 1.165) is 24.2 Å². The Morgan fingerprint density at radius 1 is 1.21 bits per heavy atom. The third-order valence-electron chi connectivity index (χ3n) is 5.04. The number of esters is 1. The Hall–Kier alpha value is -3.29. The summed E-state index contributed by atoms with van der Waals surface area (Å²) in [5, 5.41) is 0. The molecule has 0 spiro atoms. The lowest BCUT2D eigenvalue weighted by atomic mass is 10.0. The number of nitrogens with zero attached hydrogens (tertiary/aromatic N) is 2. The summed E-state index contributed by atoms with van der Waals surface area (Å²) in [5.41, 5.74) is 1.17. The van der Waals surface area contributed by atoms with Gasteiger partial charge in [0, 0.05) is 12.7 Å². The number of amides is 1. The van der Waals surface area contributed by atoms with Gasteiger partial charge in [0.2, 0.25) is 5.88 Å². The fourth-order valence-electron chi connectivity index (χ4n) is 3.68. The summed E-state index contributed by atoms with van der Waals surface area (Å²) in [5.74, 6) is 0.704. The number of fused-ring (bicyclic) bond motifs is 1. The third-order valence-corrected chi connectivity index (χ3v) is 5.04. The van der Waals surface area contributed by atoms with Gasteiger partial charge in [-0.1, -0.05) is 6.07 Å². The smallest absolute Gasteiger partial charge is 0.344 e. The second-order valence-electron chi connectivity index (χ2n) is 6.78. The van der Waals surface area contributed by atoms with Crippen molar-refractivity contribution < 1.29 is 28.5 Å². The molecule has 0 radical (unpaired) electrons. The Kier molecular flexibility index (Phi) is 5.50. The van der Waals surface area contributed by atoms with E-state index in [-0.39, 0.29) is 30.0 Å². The molecule has 1 fully saturated rings. The van der Waals surface area contributed by atoms with E-state index in [2.05, 4.69) is 4.98 Å². The Labute approximate surface area is 168 Å². The number of hydrogen-bond donors (Lipinski definition) is 0. The fraction of sp³-hybridized carbons (Fsp3) is 0.381. The Morgan fingerprint density at radius 2 is 2.03 bits per heavy atom. The van der Waals surface area contributed by atoms with E-state index in [1.54, 1.807) is 17.0 Å². The van der Waals surface area contributed by atoms with Crippen LogP contribution in [0.2, 0.25) is 0 Å². The number of hydrogen-bond acceptors (Lipinski definition) is 7. The largest absolute Gasteiger partial charge is 0.486 e. The highest BCUT2D eigenvalue weighted by molar-refractivity contribution is 5.93. The van der Waals surface area contributed by atoms with Gasteiger partial charge < -0.3 is 23.8 Å². The summed E-state index contributed by atoms with van der Waals surface area (Å²) in [6.07, 6.45) is 3.24. The van der Waals surface area contributed by atoms with Crippen LogP contribution >= 0.6 is 0 Å². The van der Waals surface area contributed by atoms with E-state index in [1.165, 1.54) is 13.3 Å². The van der Waals surface area contributed by atoms with Gasteiger partial charge in [0.1, 0.15) is 18.8 Å². The molecule has 0 aliphatic carbocycles. The monoisotopic (exact) mass is 398 g/mol. The minimum Gasteiger partial charge on any atom is -0.486 e. The molecule has 1 atom stereocenters. The molecule has 29 heavy (non-hydrogen) atoms. The summed E-state index contributed by atoms with van der Waals surface area (Å²) in [6.45, 7) is 1.33. The molecule has 0 N–H and O–H groups in total. The van der Waals surface area contributed by atoms with Gasteiger partial charge in [-0.25, -0.2) is 9.78 Å². The molecule has 2 aliphatic rings. The number of likely N-dealkylation sites (tertiary alicyclic amines) is 1. The number of ether oxygens (including phenoxy) is 4. The van der Waals surface area contributed by atoms with Crippen LogP contribution in [-0.4, -0.2) is 55.2 Å². The zero-order valence-electron chi connectivity index (χ0n) is 16.1. The molecule has 1 aromatic carbocycles. The van der Waals surface area contributed by atoms with Crippen LogP contribution in [0, 0.1) is 0 Å². The van der Waals surface area contributed by atoms with Crippen LogP contribution in [0.3, 0.4) is 0 Å². The van der Waals surface area contributed by atoms with E-state index >= 15 is 0 Å². The first-order valence-electron chi connectivity index (χ1n) is 9.52. The Morgan fingerprint density at radius 3 is 2.86 bits per heavy atom. The van der Waals surface area contributed by atoms with Crippen molar-refractivity contribution in [2.75, 3.05) is 33.5 Å². The van der Waals surface area contributed by atoms with Gasteiger partial charge in [-0.05, 0) is 42.7 Å². The average molecular weight is 398 g/mol. The molecular weight excluding hydrogens is 376 g/mol. The maximum atomic E-state index is 12.8. The summed E-state index contributed by atoms with van der Waals surface area (Å²) >= 11 is 0. The van der Waals surface area contributed by atoms with Gasteiger partial charge in [0.15, 0.2) is 18.1 Å². The second-order valence-corrected chi connectivity index (χ2v) is 6.78. The Balaban J connectivity index is 1.42. The number of carbonyl (C=O) groups is 2. The van der Waals surface area contributed by atoms with Crippen molar-refractivity contribution in [1.29, 1.82) is 0 Å². The third kappa shape index (κ3) is 3.96. The van der Waals surface area contributed by atoms with Gasteiger partial charge in [-0.3, -0.25) is 4.79 Å². The van der Waals surface area contributed by atoms with Crippen LogP contribution in [0.25, 0.3) is 0 Å². The van der Waals surface area contributed by atoms with Crippen LogP contribution in [-0.2, 0) is 9.53 Å². The average Bonchev–Trinajstić information content (AvgIpc) is 3.27. The zero-order chi connectivity index (χ0) is 20.2. The topological polar surface area (TPSA) is 87.2 Å². The van der Waals surface area contributed by atoms with Gasteiger partial charge >= 0.3 is 5.97 Å². The minimum absolute atomic E-state index is 0.0787. The van der Waals surface area contributed by atoms with Crippen molar-refractivity contribution in [2.24, 2.45) is 0 Å². The lowest BCUT2D eigenvalue weighted by Gasteiger charge is -2.26. The van der Waals surface area contributed by atoms with E-state index in [0.29, 0.717) is 25.5 Å². The zero-order valence-corrected chi connectivity index (χ0v) is 16.1. The molecule has 3 heterocycles. The van der Waals surface area contributed by atoms with Crippen LogP contribution < -0.4 is 14.2 Å². The highest BCUT2D eigenvalue weighted by Gasteiger charge is 2.31. The number of methoxy groups -OCH3 is 1. The molecule has 0 bridgehead atoms.